The molecule has 0 amide bonds. The van der Waals surface area contributed by atoms with Gasteiger partial charge in [0.25, 0.3) is 0 Å². The second kappa shape index (κ2) is 11.2. The zero-order valence-electron chi connectivity index (χ0n) is 13.8. The number of azide groups is 1. The van der Waals surface area contributed by atoms with Crippen LogP contribution in [0.2, 0.25) is 0 Å². The molecule has 4 nitrogen and oxygen atoms in total. The number of rotatable bonds is 9. The van der Waals surface area contributed by atoms with Gasteiger partial charge in [0.15, 0.2) is 5.12 Å². The summed E-state index contributed by atoms with van der Waals surface area (Å²) in [5.41, 5.74) is 11.0. The van der Waals surface area contributed by atoms with Gasteiger partial charge in [-0.2, -0.15) is 0 Å². The zero-order valence-corrected chi connectivity index (χ0v) is 16.8. The van der Waals surface area contributed by atoms with Gasteiger partial charge < -0.3 is 0 Å². The molecule has 2 rings (SSSR count). The molecule has 0 radical (unpaired) electrons. The van der Waals surface area contributed by atoms with E-state index >= 15 is 0 Å². The standard InChI is InChI=1S/C19H20IN3OS/c20-17-10-5-4-7-15(17)13-14-25-19(24)12-6-11-18(22-23-21)16-8-2-1-3-9-16/h1-5,7-10,18H,6,11-14H2. The van der Waals surface area contributed by atoms with Crippen LogP contribution in [0.4, 0.5) is 0 Å². The summed E-state index contributed by atoms with van der Waals surface area (Å²) in [4.78, 5) is 15.0. The minimum atomic E-state index is -0.199. The maximum atomic E-state index is 12.1. The van der Waals surface area contributed by atoms with Crippen molar-refractivity contribution in [1.82, 2.24) is 0 Å². The smallest absolute Gasteiger partial charge is 0.188 e. The molecule has 0 aliphatic heterocycles. The number of hydrogen-bond acceptors (Lipinski definition) is 3. The minimum absolute atomic E-state index is 0.199. The van der Waals surface area contributed by atoms with E-state index < -0.39 is 0 Å². The summed E-state index contributed by atoms with van der Waals surface area (Å²) in [5.74, 6) is 0.803. The van der Waals surface area contributed by atoms with Gasteiger partial charge in [0.05, 0.1) is 6.04 Å². The van der Waals surface area contributed by atoms with Gasteiger partial charge in [0.2, 0.25) is 0 Å². The van der Waals surface area contributed by atoms with E-state index in [-0.39, 0.29) is 11.2 Å². The molecular weight excluding hydrogens is 445 g/mol. The monoisotopic (exact) mass is 465 g/mol. The maximum Gasteiger partial charge on any atom is 0.188 e. The van der Waals surface area contributed by atoms with Crippen LogP contribution in [0.15, 0.2) is 59.7 Å². The van der Waals surface area contributed by atoms with Gasteiger partial charge in [0.1, 0.15) is 0 Å². The van der Waals surface area contributed by atoms with Crippen LogP contribution in [-0.4, -0.2) is 10.9 Å². The molecule has 130 valence electrons. The second-order valence-electron chi connectivity index (χ2n) is 5.59. The fraction of sp³-hybridized carbons (Fsp3) is 0.316. The first-order valence-corrected chi connectivity index (χ1v) is 10.3. The predicted octanol–water partition coefficient (Wildman–Crippen LogP) is 6.32. The van der Waals surface area contributed by atoms with Gasteiger partial charge >= 0.3 is 0 Å². The average molecular weight is 465 g/mol. The predicted molar refractivity (Wildman–Crippen MR) is 113 cm³/mol. The van der Waals surface area contributed by atoms with Gasteiger partial charge in [-0.25, -0.2) is 0 Å². The van der Waals surface area contributed by atoms with Crippen molar-refractivity contribution in [3.8, 4) is 0 Å². The summed E-state index contributed by atoms with van der Waals surface area (Å²) >= 11 is 3.72. The van der Waals surface area contributed by atoms with E-state index in [2.05, 4.69) is 44.7 Å². The Morgan fingerprint density at radius 2 is 1.88 bits per heavy atom. The third-order valence-electron chi connectivity index (χ3n) is 3.83. The van der Waals surface area contributed by atoms with Crippen molar-refractivity contribution >= 4 is 39.5 Å². The lowest BCUT2D eigenvalue weighted by Gasteiger charge is -2.10. The van der Waals surface area contributed by atoms with Crippen molar-refractivity contribution < 1.29 is 4.79 Å². The van der Waals surface area contributed by atoms with Crippen LogP contribution in [0.3, 0.4) is 0 Å². The lowest BCUT2D eigenvalue weighted by atomic mass is 10.0. The van der Waals surface area contributed by atoms with Crippen molar-refractivity contribution in [2.24, 2.45) is 5.11 Å². The normalized spacial score (nSPS) is 11.6. The van der Waals surface area contributed by atoms with Crippen molar-refractivity contribution in [3.05, 3.63) is 79.7 Å². The summed E-state index contributed by atoms with van der Waals surface area (Å²) in [6.07, 6.45) is 2.84. The quantitative estimate of drug-likeness (QED) is 0.188. The first kappa shape index (κ1) is 19.8. The molecule has 0 bridgehead atoms. The molecule has 6 heteroatoms. The van der Waals surface area contributed by atoms with E-state index in [9.17, 15) is 4.79 Å². The van der Waals surface area contributed by atoms with Crippen LogP contribution in [0, 0.1) is 3.57 Å². The van der Waals surface area contributed by atoms with Crippen LogP contribution in [-0.2, 0) is 11.2 Å². The molecule has 0 aromatic heterocycles. The van der Waals surface area contributed by atoms with Gasteiger partial charge in [-0.3, -0.25) is 4.79 Å². The minimum Gasteiger partial charge on any atom is -0.287 e. The van der Waals surface area contributed by atoms with E-state index in [1.165, 1.54) is 20.9 Å². The molecule has 0 heterocycles. The second-order valence-corrected chi connectivity index (χ2v) is 7.90. The number of carbonyl (C=O) groups is 1. The number of carbonyl (C=O) groups excluding carboxylic acids is 1. The Morgan fingerprint density at radius 3 is 2.60 bits per heavy atom. The lowest BCUT2D eigenvalue weighted by Crippen LogP contribution is -2.00. The fourth-order valence-corrected chi connectivity index (χ4v) is 4.01. The Kier molecular flexibility index (Phi) is 8.86. The molecule has 0 fully saturated rings. The Hall–Kier alpha value is -1.50. The van der Waals surface area contributed by atoms with Crippen molar-refractivity contribution in [1.29, 1.82) is 0 Å². The van der Waals surface area contributed by atoms with Crippen molar-refractivity contribution in [2.45, 2.75) is 31.7 Å². The molecule has 0 saturated carbocycles. The Bertz CT molecular complexity index is 732. The molecule has 2 aromatic carbocycles. The zero-order chi connectivity index (χ0) is 17.9. The van der Waals surface area contributed by atoms with Crippen molar-refractivity contribution in [3.63, 3.8) is 0 Å². The molecule has 25 heavy (non-hydrogen) atoms. The summed E-state index contributed by atoms with van der Waals surface area (Å²) < 4.78 is 1.24. The van der Waals surface area contributed by atoms with E-state index in [1.54, 1.807) is 0 Å². The number of benzene rings is 2. The number of halogens is 1. The Morgan fingerprint density at radius 1 is 1.16 bits per heavy atom. The Balaban J connectivity index is 1.72. The van der Waals surface area contributed by atoms with Gasteiger partial charge in [-0.15, -0.1) is 0 Å². The molecule has 0 N–H and O–H groups in total. The highest BCUT2D eigenvalue weighted by atomic mass is 127. The third-order valence-corrected chi connectivity index (χ3v) is 5.81. The van der Waals surface area contributed by atoms with E-state index in [0.717, 1.165) is 24.2 Å². The number of thioether (sulfide) groups is 1. The first-order chi connectivity index (χ1) is 12.2. The molecule has 1 unspecified atom stereocenters. The highest BCUT2D eigenvalue weighted by molar-refractivity contribution is 14.1. The molecule has 0 aliphatic carbocycles. The molecule has 0 saturated heterocycles. The highest BCUT2D eigenvalue weighted by Crippen LogP contribution is 2.24. The number of aryl methyl sites for hydroxylation is 1. The van der Waals surface area contributed by atoms with Crippen LogP contribution in [0.25, 0.3) is 10.4 Å². The highest BCUT2D eigenvalue weighted by Gasteiger charge is 2.11. The van der Waals surface area contributed by atoms with Gasteiger partial charge in [-0.05, 0) is 64.6 Å². The largest absolute Gasteiger partial charge is 0.287 e. The number of hydrogen-bond donors (Lipinski definition) is 0. The van der Waals surface area contributed by atoms with Gasteiger partial charge in [0, 0.05) is 20.7 Å². The maximum absolute atomic E-state index is 12.1. The molecule has 2 aromatic rings. The van der Waals surface area contributed by atoms with E-state index in [0.29, 0.717) is 12.8 Å². The molecule has 0 spiro atoms. The van der Waals surface area contributed by atoms with Gasteiger partial charge in [-0.1, -0.05) is 65.4 Å². The molecular formula is C19H20IN3OS. The fourth-order valence-electron chi connectivity index (χ4n) is 2.52. The van der Waals surface area contributed by atoms with Crippen molar-refractivity contribution in [2.75, 3.05) is 5.75 Å². The lowest BCUT2D eigenvalue weighted by molar-refractivity contribution is -0.111. The third kappa shape index (κ3) is 7.10. The molecule has 1 atom stereocenters. The SMILES string of the molecule is [N-]=[N+]=NC(CCCC(=O)SCCc1ccccc1I)c1ccccc1. The van der Waals surface area contributed by atoms with E-state index in [4.69, 9.17) is 5.53 Å². The van der Waals surface area contributed by atoms with Crippen LogP contribution < -0.4 is 0 Å². The average Bonchev–Trinajstić information content (AvgIpc) is 2.63. The summed E-state index contributed by atoms with van der Waals surface area (Å²) in [5, 5.41) is 4.07. The van der Waals surface area contributed by atoms with Crippen LogP contribution >= 0.6 is 34.4 Å². The summed E-state index contributed by atoms with van der Waals surface area (Å²) in [7, 11) is 0. The molecule has 0 aliphatic rings. The summed E-state index contributed by atoms with van der Waals surface area (Å²) in [6, 6.07) is 17.8. The summed E-state index contributed by atoms with van der Waals surface area (Å²) in [6.45, 7) is 0. The topological polar surface area (TPSA) is 65.8 Å². The Labute approximate surface area is 166 Å². The van der Waals surface area contributed by atoms with Crippen LogP contribution in [0.1, 0.15) is 36.4 Å². The van der Waals surface area contributed by atoms with E-state index in [1.807, 2.05) is 42.5 Å². The first-order valence-electron chi connectivity index (χ1n) is 8.19. The van der Waals surface area contributed by atoms with Crippen LogP contribution in [0.5, 0.6) is 0 Å². The number of nitrogens with zero attached hydrogens (tertiary/aromatic N) is 3.